The summed E-state index contributed by atoms with van der Waals surface area (Å²) < 4.78 is 26.8. The summed E-state index contributed by atoms with van der Waals surface area (Å²) in [4.78, 5) is 14.3. The van der Waals surface area contributed by atoms with E-state index in [1.165, 1.54) is 34.6 Å². The van der Waals surface area contributed by atoms with Gasteiger partial charge < -0.3 is 0 Å². The molecule has 0 saturated heterocycles. The van der Waals surface area contributed by atoms with E-state index < -0.39 is 11.6 Å². The first kappa shape index (κ1) is 14.4. The second kappa shape index (κ2) is 6.06. The Kier molecular flexibility index (Phi) is 4.15. The molecule has 0 amide bonds. The zero-order valence-electron chi connectivity index (χ0n) is 11.6. The minimum Gasteiger partial charge on any atom is -0.293 e. The van der Waals surface area contributed by atoms with Gasteiger partial charge in [-0.15, -0.1) is 11.3 Å². The van der Waals surface area contributed by atoms with Crippen LogP contribution in [0.2, 0.25) is 0 Å². The molecule has 1 nitrogen and oxygen atoms in total. The highest BCUT2D eigenvalue weighted by Crippen LogP contribution is 2.30. The van der Waals surface area contributed by atoms with E-state index in [1.807, 2.05) is 6.07 Å². The van der Waals surface area contributed by atoms with E-state index in [2.05, 4.69) is 0 Å². The molecule has 1 aromatic carbocycles. The van der Waals surface area contributed by atoms with Crippen LogP contribution in [0, 0.1) is 11.6 Å². The van der Waals surface area contributed by atoms with Crippen molar-refractivity contribution in [1.29, 1.82) is 0 Å². The summed E-state index contributed by atoms with van der Waals surface area (Å²) in [7, 11) is 0. The van der Waals surface area contributed by atoms with Gasteiger partial charge in [-0.3, -0.25) is 4.79 Å². The van der Waals surface area contributed by atoms with Crippen molar-refractivity contribution >= 4 is 17.1 Å². The first-order valence-corrected chi connectivity index (χ1v) is 8.04. The lowest BCUT2D eigenvalue weighted by atomic mass is 10.1. The molecule has 0 radical (unpaired) electrons. The molecule has 2 aromatic rings. The van der Waals surface area contributed by atoms with Crippen molar-refractivity contribution in [1.82, 2.24) is 0 Å². The first-order valence-electron chi connectivity index (χ1n) is 7.22. The van der Waals surface area contributed by atoms with Crippen LogP contribution in [0.25, 0.3) is 0 Å². The Morgan fingerprint density at radius 2 is 1.90 bits per heavy atom. The monoisotopic (exact) mass is 306 g/mol. The number of hydrogen-bond donors (Lipinski definition) is 0. The van der Waals surface area contributed by atoms with Crippen LogP contribution in [0.3, 0.4) is 0 Å². The average Bonchev–Trinajstić information content (AvgIpc) is 2.74. The fourth-order valence-corrected chi connectivity index (χ4v) is 3.93. The van der Waals surface area contributed by atoms with Crippen LogP contribution in [0.4, 0.5) is 8.78 Å². The van der Waals surface area contributed by atoms with Crippen LogP contribution in [0.15, 0.2) is 24.3 Å². The molecular formula is C17H16F2OS. The molecule has 1 aromatic heterocycles. The van der Waals surface area contributed by atoms with E-state index in [0.717, 1.165) is 37.5 Å². The van der Waals surface area contributed by atoms with Crippen molar-refractivity contribution in [3.05, 3.63) is 56.8 Å². The Bertz CT molecular complexity index is 652. The maximum atomic E-state index is 13.6. The fourth-order valence-electron chi connectivity index (χ4n) is 2.74. The zero-order chi connectivity index (χ0) is 14.8. The molecule has 0 bridgehead atoms. The molecule has 1 aliphatic carbocycles. The maximum Gasteiger partial charge on any atom is 0.177 e. The molecule has 0 saturated carbocycles. The average molecular weight is 306 g/mol. The van der Waals surface area contributed by atoms with Gasteiger partial charge >= 0.3 is 0 Å². The first-order chi connectivity index (χ1) is 10.1. The van der Waals surface area contributed by atoms with Crippen molar-refractivity contribution in [2.24, 2.45) is 0 Å². The Balaban J connectivity index is 1.81. The van der Waals surface area contributed by atoms with Crippen LogP contribution < -0.4 is 0 Å². The van der Waals surface area contributed by atoms with Gasteiger partial charge in [0.1, 0.15) is 11.6 Å². The van der Waals surface area contributed by atoms with Gasteiger partial charge in [0.15, 0.2) is 5.78 Å². The molecule has 110 valence electrons. The second-order valence-electron chi connectivity index (χ2n) is 5.46. The van der Waals surface area contributed by atoms with Crippen LogP contribution >= 0.6 is 11.3 Å². The van der Waals surface area contributed by atoms with E-state index in [1.54, 1.807) is 0 Å². The number of benzene rings is 1. The number of fused-ring (bicyclic) bond motifs is 1. The Morgan fingerprint density at radius 1 is 1.10 bits per heavy atom. The third-order valence-corrected chi connectivity index (χ3v) is 5.16. The fraction of sp³-hybridized carbons (Fsp3) is 0.353. The molecule has 0 spiro atoms. The molecule has 0 aliphatic heterocycles. The molecule has 21 heavy (non-hydrogen) atoms. The van der Waals surface area contributed by atoms with Gasteiger partial charge in [0.25, 0.3) is 0 Å². The summed E-state index contributed by atoms with van der Waals surface area (Å²) in [5, 5.41) is 0. The van der Waals surface area contributed by atoms with Gasteiger partial charge in [0, 0.05) is 11.3 Å². The third-order valence-electron chi connectivity index (χ3n) is 3.88. The standard InChI is InChI=1S/C17H16F2OS/c18-13-6-7-14(19)12(8-13)9-15(20)17-10-11-4-2-1-3-5-16(11)21-17/h6-8,10H,1-5,9H2. The summed E-state index contributed by atoms with van der Waals surface area (Å²) in [5.41, 5.74) is 1.39. The highest BCUT2D eigenvalue weighted by Gasteiger charge is 2.18. The summed E-state index contributed by atoms with van der Waals surface area (Å²) in [5.74, 6) is -1.17. The number of Topliss-reactive ketones (excluding diaryl/α,β-unsaturated/α-hetero) is 1. The lowest BCUT2D eigenvalue weighted by Crippen LogP contribution is -2.04. The topological polar surface area (TPSA) is 17.1 Å². The van der Waals surface area contributed by atoms with Gasteiger partial charge in [-0.1, -0.05) is 6.42 Å². The van der Waals surface area contributed by atoms with E-state index in [0.29, 0.717) is 4.88 Å². The van der Waals surface area contributed by atoms with Gasteiger partial charge in [-0.05, 0) is 61.1 Å². The number of thiophene rings is 1. The molecule has 1 aliphatic rings. The highest BCUT2D eigenvalue weighted by molar-refractivity contribution is 7.14. The quantitative estimate of drug-likeness (QED) is 0.592. The van der Waals surface area contributed by atoms with E-state index in [9.17, 15) is 13.6 Å². The summed E-state index contributed by atoms with van der Waals surface area (Å²) in [6, 6.07) is 5.19. The Morgan fingerprint density at radius 3 is 2.76 bits per heavy atom. The smallest absolute Gasteiger partial charge is 0.177 e. The number of rotatable bonds is 3. The predicted octanol–water partition coefficient (Wildman–Crippen LogP) is 4.72. The van der Waals surface area contributed by atoms with Crippen LogP contribution in [-0.4, -0.2) is 5.78 Å². The summed E-state index contributed by atoms with van der Waals surface area (Å²) in [6.07, 6.45) is 5.53. The van der Waals surface area contributed by atoms with Crippen molar-refractivity contribution in [3.63, 3.8) is 0 Å². The van der Waals surface area contributed by atoms with Gasteiger partial charge in [-0.2, -0.15) is 0 Å². The van der Waals surface area contributed by atoms with Crippen LogP contribution in [0.1, 0.15) is 44.9 Å². The number of carbonyl (C=O) groups is 1. The third kappa shape index (κ3) is 3.21. The lowest BCUT2D eigenvalue weighted by Gasteiger charge is -2.02. The SMILES string of the molecule is O=C(Cc1cc(F)ccc1F)c1cc2c(s1)CCCCC2. The van der Waals surface area contributed by atoms with Crippen molar-refractivity contribution < 1.29 is 13.6 Å². The maximum absolute atomic E-state index is 13.6. The molecule has 0 atom stereocenters. The van der Waals surface area contributed by atoms with Gasteiger partial charge in [0.2, 0.25) is 0 Å². The number of carbonyl (C=O) groups excluding carboxylic acids is 1. The number of hydrogen-bond acceptors (Lipinski definition) is 2. The molecule has 3 rings (SSSR count). The van der Waals surface area contributed by atoms with Crippen LogP contribution in [0.5, 0.6) is 0 Å². The normalized spacial score (nSPS) is 14.6. The zero-order valence-corrected chi connectivity index (χ0v) is 12.4. The number of ketones is 1. The van der Waals surface area contributed by atoms with E-state index in [4.69, 9.17) is 0 Å². The van der Waals surface area contributed by atoms with Gasteiger partial charge in [-0.25, -0.2) is 8.78 Å². The largest absolute Gasteiger partial charge is 0.293 e. The lowest BCUT2D eigenvalue weighted by molar-refractivity contribution is 0.0995. The van der Waals surface area contributed by atoms with Crippen molar-refractivity contribution in [2.45, 2.75) is 38.5 Å². The number of aryl methyl sites for hydroxylation is 2. The molecule has 0 fully saturated rings. The Hall–Kier alpha value is -1.55. The van der Waals surface area contributed by atoms with E-state index in [-0.39, 0.29) is 17.8 Å². The minimum atomic E-state index is -0.525. The van der Waals surface area contributed by atoms with Crippen molar-refractivity contribution in [2.75, 3.05) is 0 Å². The molecule has 4 heteroatoms. The second-order valence-corrected chi connectivity index (χ2v) is 6.59. The summed E-state index contributed by atoms with van der Waals surface area (Å²) >= 11 is 1.52. The predicted molar refractivity (Wildman–Crippen MR) is 80.0 cm³/mol. The minimum absolute atomic E-state index is 0.0804. The molecule has 0 unspecified atom stereocenters. The van der Waals surface area contributed by atoms with E-state index >= 15 is 0 Å². The summed E-state index contributed by atoms with van der Waals surface area (Å²) in [6.45, 7) is 0. The molecule has 0 N–H and O–H groups in total. The highest BCUT2D eigenvalue weighted by atomic mass is 32.1. The van der Waals surface area contributed by atoms with Crippen molar-refractivity contribution in [3.8, 4) is 0 Å². The molecular weight excluding hydrogens is 290 g/mol. The van der Waals surface area contributed by atoms with Crippen LogP contribution in [-0.2, 0) is 19.3 Å². The van der Waals surface area contributed by atoms with Gasteiger partial charge in [0.05, 0.1) is 4.88 Å². The number of halogens is 2. The molecule has 1 heterocycles. The Labute approximate surface area is 126 Å².